The first-order valence-corrected chi connectivity index (χ1v) is 7.90. The average Bonchev–Trinajstić information content (AvgIpc) is 3.47. The van der Waals surface area contributed by atoms with Gasteiger partial charge in [-0.2, -0.15) is 0 Å². The van der Waals surface area contributed by atoms with Crippen LogP contribution in [0, 0.1) is 0 Å². The SMILES string of the molecule is C1CC1.c1ccc(N(c2ccccc2)c2ccccc2)cc1. The molecule has 22 heavy (non-hydrogen) atoms. The van der Waals surface area contributed by atoms with Crippen LogP contribution in [0.5, 0.6) is 0 Å². The van der Waals surface area contributed by atoms with Crippen molar-refractivity contribution in [3.8, 4) is 0 Å². The number of hydrogen-bond donors (Lipinski definition) is 0. The molecule has 0 unspecified atom stereocenters. The molecule has 0 amide bonds. The highest BCUT2D eigenvalue weighted by Gasteiger charge is 2.10. The Bertz CT molecular complexity index is 563. The number of nitrogens with zero attached hydrogens (tertiary/aromatic N) is 1. The molecule has 0 N–H and O–H groups in total. The number of benzene rings is 3. The van der Waals surface area contributed by atoms with Gasteiger partial charge in [-0.1, -0.05) is 73.9 Å². The van der Waals surface area contributed by atoms with Crippen LogP contribution in [0.1, 0.15) is 19.3 Å². The zero-order valence-electron chi connectivity index (χ0n) is 12.7. The second-order valence-corrected chi connectivity index (χ2v) is 5.40. The summed E-state index contributed by atoms with van der Waals surface area (Å²) in [6.45, 7) is 0. The van der Waals surface area contributed by atoms with Gasteiger partial charge >= 0.3 is 0 Å². The predicted molar refractivity (Wildman–Crippen MR) is 95.0 cm³/mol. The number of para-hydroxylation sites is 3. The fourth-order valence-electron chi connectivity index (χ4n) is 2.18. The van der Waals surface area contributed by atoms with Gasteiger partial charge in [0.2, 0.25) is 0 Å². The van der Waals surface area contributed by atoms with Gasteiger partial charge in [-0.3, -0.25) is 0 Å². The molecule has 1 fully saturated rings. The highest BCUT2D eigenvalue weighted by atomic mass is 15.1. The first-order valence-electron chi connectivity index (χ1n) is 7.90. The molecule has 0 aromatic heterocycles. The van der Waals surface area contributed by atoms with E-state index in [1.54, 1.807) is 0 Å². The summed E-state index contributed by atoms with van der Waals surface area (Å²) in [6.07, 6.45) is 4.50. The van der Waals surface area contributed by atoms with Gasteiger partial charge < -0.3 is 4.90 Å². The van der Waals surface area contributed by atoms with Gasteiger partial charge in [0.15, 0.2) is 0 Å². The molecule has 0 spiro atoms. The Labute approximate surface area is 132 Å². The topological polar surface area (TPSA) is 3.24 Å². The Kier molecular flexibility index (Phi) is 4.88. The maximum absolute atomic E-state index is 2.25. The highest BCUT2D eigenvalue weighted by Crippen LogP contribution is 2.33. The second-order valence-electron chi connectivity index (χ2n) is 5.40. The molecule has 1 nitrogen and oxygen atoms in total. The lowest BCUT2D eigenvalue weighted by molar-refractivity contribution is 1.28. The zero-order valence-corrected chi connectivity index (χ0v) is 12.7. The van der Waals surface area contributed by atoms with E-state index in [-0.39, 0.29) is 0 Å². The van der Waals surface area contributed by atoms with Crippen molar-refractivity contribution in [1.82, 2.24) is 0 Å². The number of rotatable bonds is 3. The summed E-state index contributed by atoms with van der Waals surface area (Å²) in [4.78, 5) is 2.25. The normalized spacial score (nSPS) is 12.0. The summed E-state index contributed by atoms with van der Waals surface area (Å²) in [5.74, 6) is 0. The first-order chi connectivity index (χ1) is 10.9. The summed E-state index contributed by atoms with van der Waals surface area (Å²) in [7, 11) is 0. The largest absolute Gasteiger partial charge is 0.311 e. The van der Waals surface area contributed by atoms with E-state index < -0.39 is 0 Å². The lowest BCUT2D eigenvalue weighted by atomic mass is 10.2. The van der Waals surface area contributed by atoms with Crippen LogP contribution in [0.3, 0.4) is 0 Å². The summed E-state index contributed by atoms with van der Waals surface area (Å²) >= 11 is 0. The molecule has 3 aromatic carbocycles. The van der Waals surface area contributed by atoms with Crippen molar-refractivity contribution in [2.24, 2.45) is 0 Å². The fourth-order valence-corrected chi connectivity index (χ4v) is 2.18. The number of anilines is 3. The quantitative estimate of drug-likeness (QED) is 0.544. The minimum atomic E-state index is 1.17. The molecule has 3 aromatic rings. The maximum Gasteiger partial charge on any atom is 0.0461 e. The number of hydrogen-bond acceptors (Lipinski definition) is 1. The van der Waals surface area contributed by atoms with E-state index in [0.717, 1.165) is 0 Å². The summed E-state index contributed by atoms with van der Waals surface area (Å²) in [6, 6.07) is 31.3. The van der Waals surface area contributed by atoms with Gasteiger partial charge in [-0.25, -0.2) is 0 Å². The summed E-state index contributed by atoms with van der Waals surface area (Å²) in [5, 5.41) is 0. The van der Waals surface area contributed by atoms with E-state index in [0.29, 0.717) is 0 Å². The fraction of sp³-hybridized carbons (Fsp3) is 0.143. The van der Waals surface area contributed by atoms with Gasteiger partial charge in [0.25, 0.3) is 0 Å². The summed E-state index contributed by atoms with van der Waals surface area (Å²) in [5.41, 5.74) is 3.50. The predicted octanol–water partition coefficient (Wildman–Crippen LogP) is 6.33. The van der Waals surface area contributed by atoms with Crippen molar-refractivity contribution in [3.63, 3.8) is 0 Å². The molecule has 0 radical (unpaired) electrons. The Morgan fingerprint density at radius 3 is 0.909 bits per heavy atom. The van der Waals surface area contributed by atoms with Crippen LogP contribution in [0.25, 0.3) is 0 Å². The summed E-state index contributed by atoms with van der Waals surface area (Å²) < 4.78 is 0. The van der Waals surface area contributed by atoms with Crippen LogP contribution >= 0.6 is 0 Å². The van der Waals surface area contributed by atoms with Crippen molar-refractivity contribution < 1.29 is 0 Å². The highest BCUT2D eigenvalue weighted by molar-refractivity contribution is 5.76. The Hall–Kier alpha value is -2.54. The van der Waals surface area contributed by atoms with E-state index in [1.807, 2.05) is 18.2 Å². The van der Waals surface area contributed by atoms with Crippen LogP contribution in [0.4, 0.5) is 17.1 Å². The third-order valence-corrected chi connectivity index (χ3v) is 3.40. The molecular weight excluding hydrogens is 266 g/mol. The molecule has 4 rings (SSSR count). The molecule has 1 heteroatoms. The van der Waals surface area contributed by atoms with Gasteiger partial charge in [-0.15, -0.1) is 0 Å². The minimum absolute atomic E-state index is 1.17. The van der Waals surface area contributed by atoms with Gasteiger partial charge in [0.1, 0.15) is 0 Å². The maximum atomic E-state index is 2.25. The van der Waals surface area contributed by atoms with Crippen LogP contribution < -0.4 is 4.90 Å². The Balaban J connectivity index is 0.000000429. The molecule has 110 valence electrons. The van der Waals surface area contributed by atoms with Gasteiger partial charge in [-0.05, 0) is 36.4 Å². The van der Waals surface area contributed by atoms with E-state index in [1.165, 1.54) is 36.3 Å². The zero-order chi connectivity index (χ0) is 15.0. The standard InChI is InChI=1S/C18H15N.C3H6/c1-4-10-16(11-5-1)19(17-12-6-2-7-13-17)18-14-8-3-9-15-18;1-2-3-1/h1-15H;1-3H2. The van der Waals surface area contributed by atoms with E-state index in [9.17, 15) is 0 Å². The van der Waals surface area contributed by atoms with Crippen LogP contribution in [0.15, 0.2) is 91.0 Å². The third-order valence-electron chi connectivity index (χ3n) is 3.40. The van der Waals surface area contributed by atoms with Gasteiger partial charge in [0, 0.05) is 17.1 Å². The van der Waals surface area contributed by atoms with Crippen LogP contribution in [0.2, 0.25) is 0 Å². The molecule has 0 bridgehead atoms. The minimum Gasteiger partial charge on any atom is -0.311 e. The molecule has 0 heterocycles. The molecule has 0 saturated heterocycles. The van der Waals surface area contributed by atoms with Crippen molar-refractivity contribution in [3.05, 3.63) is 91.0 Å². The molecular formula is C21H21N. The Morgan fingerprint density at radius 1 is 0.409 bits per heavy atom. The van der Waals surface area contributed by atoms with Crippen molar-refractivity contribution in [2.75, 3.05) is 4.90 Å². The molecule has 1 aliphatic rings. The van der Waals surface area contributed by atoms with Crippen LogP contribution in [-0.2, 0) is 0 Å². The smallest absolute Gasteiger partial charge is 0.0461 e. The van der Waals surface area contributed by atoms with E-state index in [4.69, 9.17) is 0 Å². The molecule has 1 aliphatic carbocycles. The Morgan fingerprint density at radius 2 is 0.682 bits per heavy atom. The first kappa shape index (κ1) is 14.4. The van der Waals surface area contributed by atoms with Crippen molar-refractivity contribution in [2.45, 2.75) is 19.3 Å². The second kappa shape index (κ2) is 7.46. The molecule has 0 aliphatic heterocycles. The lowest BCUT2D eigenvalue weighted by Crippen LogP contribution is -2.09. The molecule has 0 atom stereocenters. The molecule has 1 saturated carbocycles. The lowest BCUT2D eigenvalue weighted by Gasteiger charge is -2.25. The van der Waals surface area contributed by atoms with E-state index in [2.05, 4.69) is 77.7 Å². The average molecular weight is 287 g/mol. The van der Waals surface area contributed by atoms with Crippen molar-refractivity contribution >= 4 is 17.1 Å². The van der Waals surface area contributed by atoms with E-state index >= 15 is 0 Å². The monoisotopic (exact) mass is 287 g/mol. The van der Waals surface area contributed by atoms with Crippen LogP contribution in [-0.4, -0.2) is 0 Å². The third kappa shape index (κ3) is 3.98. The van der Waals surface area contributed by atoms with Gasteiger partial charge in [0.05, 0.1) is 0 Å². The van der Waals surface area contributed by atoms with Crippen molar-refractivity contribution in [1.29, 1.82) is 0 Å².